The molecule has 0 saturated heterocycles. The highest BCUT2D eigenvalue weighted by molar-refractivity contribution is 7.89. The molecule has 2 aromatic rings. The lowest BCUT2D eigenvalue weighted by molar-refractivity contribution is 0.157. The Morgan fingerprint density at radius 1 is 1.00 bits per heavy atom. The van der Waals surface area contributed by atoms with Crippen LogP contribution >= 0.6 is 0 Å². The third-order valence-corrected chi connectivity index (χ3v) is 6.68. The summed E-state index contributed by atoms with van der Waals surface area (Å²) in [5.41, 5.74) is 0.348. The van der Waals surface area contributed by atoms with E-state index in [1.165, 1.54) is 4.31 Å². The lowest BCUT2D eigenvalue weighted by Crippen LogP contribution is -2.44. The van der Waals surface area contributed by atoms with Gasteiger partial charge in [0.2, 0.25) is 10.0 Å². The highest BCUT2D eigenvalue weighted by Crippen LogP contribution is 2.33. The van der Waals surface area contributed by atoms with Crippen LogP contribution in [0.4, 0.5) is 0 Å². The van der Waals surface area contributed by atoms with Crippen LogP contribution in [0.2, 0.25) is 0 Å². The maximum atomic E-state index is 12.9. The van der Waals surface area contributed by atoms with E-state index < -0.39 is 15.4 Å². The lowest BCUT2D eigenvalue weighted by atomic mass is 9.76. The number of benzene rings is 2. The molecular formula is C21H29NO3S. The second-order valence-electron chi connectivity index (χ2n) is 7.31. The van der Waals surface area contributed by atoms with Gasteiger partial charge in [0, 0.05) is 19.0 Å². The molecule has 2 rings (SSSR count). The van der Waals surface area contributed by atoms with Crippen LogP contribution in [-0.4, -0.2) is 38.0 Å². The van der Waals surface area contributed by atoms with Crippen LogP contribution in [0.15, 0.2) is 65.6 Å². The Balaban J connectivity index is 2.37. The van der Waals surface area contributed by atoms with E-state index in [0.29, 0.717) is 5.92 Å². The van der Waals surface area contributed by atoms with Gasteiger partial charge in [0.25, 0.3) is 0 Å². The minimum Gasteiger partial charge on any atom is -0.395 e. The van der Waals surface area contributed by atoms with Gasteiger partial charge >= 0.3 is 0 Å². The second kappa shape index (κ2) is 8.80. The van der Waals surface area contributed by atoms with Crippen molar-refractivity contribution >= 4 is 10.0 Å². The molecular weight excluding hydrogens is 346 g/mol. The Hall–Kier alpha value is -1.69. The quantitative estimate of drug-likeness (QED) is 0.727. The molecule has 0 bridgehead atoms. The van der Waals surface area contributed by atoms with E-state index in [9.17, 15) is 13.5 Å². The molecule has 4 nitrogen and oxygen atoms in total. The number of hydrogen-bond acceptors (Lipinski definition) is 3. The average molecular weight is 376 g/mol. The third kappa shape index (κ3) is 4.72. The number of hydrogen-bond donors (Lipinski definition) is 1. The van der Waals surface area contributed by atoms with E-state index in [1.807, 2.05) is 30.3 Å². The van der Waals surface area contributed by atoms with Crippen molar-refractivity contribution < 1.29 is 13.5 Å². The van der Waals surface area contributed by atoms with E-state index in [4.69, 9.17) is 0 Å². The number of likely N-dealkylation sites (N-methyl/N-ethyl adjacent to an activating group) is 1. The van der Waals surface area contributed by atoms with Gasteiger partial charge in [-0.3, -0.25) is 0 Å². The zero-order chi connectivity index (χ0) is 19.2. The monoisotopic (exact) mass is 375 g/mol. The van der Waals surface area contributed by atoms with E-state index in [2.05, 4.69) is 13.8 Å². The fourth-order valence-corrected chi connectivity index (χ4v) is 4.45. The van der Waals surface area contributed by atoms with Crippen LogP contribution < -0.4 is 0 Å². The first-order chi connectivity index (χ1) is 12.3. The molecule has 5 heteroatoms. The average Bonchev–Trinajstić information content (AvgIpc) is 2.66. The van der Waals surface area contributed by atoms with Crippen LogP contribution in [0.5, 0.6) is 0 Å². The van der Waals surface area contributed by atoms with Crippen molar-refractivity contribution in [1.29, 1.82) is 0 Å². The van der Waals surface area contributed by atoms with Crippen LogP contribution in [-0.2, 0) is 15.4 Å². The van der Waals surface area contributed by atoms with Crippen molar-refractivity contribution in [3.63, 3.8) is 0 Å². The SMILES string of the molecule is CC(C)CC[C@@](CO)(CN(C)S(=O)(=O)c1ccccc1)c1ccccc1. The largest absolute Gasteiger partial charge is 0.395 e. The first-order valence-electron chi connectivity index (χ1n) is 8.99. The molecule has 0 aliphatic heterocycles. The van der Waals surface area contributed by atoms with Gasteiger partial charge in [-0.1, -0.05) is 62.4 Å². The molecule has 1 N–H and O–H groups in total. The second-order valence-corrected chi connectivity index (χ2v) is 9.36. The van der Waals surface area contributed by atoms with E-state index in [1.54, 1.807) is 37.4 Å². The van der Waals surface area contributed by atoms with Crippen molar-refractivity contribution in [1.82, 2.24) is 4.31 Å². The Bertz CT molecular complexity index is 775. The zero-order valence-electron chi connectivity index (χ0n) is 15.8. The van der Waals surface area contributed by atoms with Gasteiger partial charge in [-0.05, 0) is 36.5 Å². The summed E-state index contributed by atoms with van der Waals surface area (Å²) >= 11 is 0. The van der Waals surface area contributed by atoms with Gasteiger partial charge in [0.1, 0.15) is 0 Å². The topological polar surface area (TPSA) is 57.6 Å². The van der Waals surface area contributed by atoms with Crippen LogP contribution in [0.25, 0.3) is 0 Å². The number of rotatable bonds is 9. The molecule has 2 aromatic carbocycles. The van der Waals surface area contributed by atoms with Gasteiger partial charge in [-0.15, -0.1) is 0 Å². The Labute approximate surface area is 157 Å². The summed E-state index contributed by atoms with van der Waals surface area (Å²) in [6, 6.07) is 18.2. The molecule has 0 aliphatic carbocycles. The van der Waals surface area contributed by atoms with Gasteiger partial charge in [-0.25, -0.2) is 8.42 Å². The third-order valence-electron chi connectivity index (χ3n) is 4.87. The first kappa shape index (κ1) is 20.6. The molecule has 0 aromatic heterocycles. The van der Waals surface area contributed by atoms with E-state index in [-0.39, 0.29) is 18.0 Å². The van der Waals surface area contributed by atoms with Crippen LogP contribution in [0, 0.1) is 5.92 Å². The van der Waals surface area contributed by atoms with Gasteiger partial charge in [-0.2, -0.15) is 4.31 Å². The Morgan fingerprint density at radius 2 is 1.54 bits per heavy atom. The first-order valence-corrected chi connectivity index (χ1v) is 10.4. The van der Waals surface area contributed by atoms with Gasteiger partial charge < -0.3 is 5.11 Å². The molecule has 142 valence electrons. The van der Waals surface area contributed by atoms with Gasteiger partial charge in [0.05, 0.1) is 11.5 Å². The van der Waals surface area contributed by atoms with Crippen LogP contribution in [0.1, 0.15) is 32.3 Å². The fourth-order valence-electron chi connectivity index (χ4n) is 3.18. The Kier molecular flexibility index (Phi) is 6.98. The minimum atomic E-state index is -3.61. The van der Waals surface area contributed by atoms with Crippen molar-refractivity contribution in [3.8, 4) is 0 Å². The number of aliphatic hydroxyl groups excluding tert-OH is 1. The highest BCUT2D eigenvalue weighted by atomic mass is 32.2. The molecule has 0 amide bonds. The number of aliphatic hydroxyl groups is 1. The molecule has 0 aliphatic rings. The summed E-state index contributed by atoms with van der Waals surface area (Å²) in [6.45, 7) is 4.41. The molecule has 0 heterocycles. The maximum Gasteiger partial charge on any atom is 0.242 e. The minimum absolute atomic E-state index is 0.0988. The highest BCUT2D eigenvalue weighted by Gasteiger charge is 2.36. The predicted octanol–water partition coefficient (Wildman–Crippen LogP) is 3.67. The molecule has 0 spiro atoms. The van der Waals surface area contributed by atoms with Crippen molar-refractivity contribution in [3.05, 3.63) is 66.2 Å². The molecule has 0 saturated carbocycles. The Morgan fingerprint density at radius 3 is 2.04 bits per heavy atom. The summed E-state index contributed by atoms with van der Waals surface area (Å²) in [7, 11) is -2.02. The van der Waals surface area contributed by atoms with E-state index in [0.717, 1.165) is 18.4 Å². The van der Waals surface area contributed by atoms with Crippen molar-refractivity contribution in [2.75, 3.05) is 20.2 Å². The molecule has 0 unspecified atom stereocenters. The summed E-state index contributed by atoms with van der Waals surface area (Å²) in [6.07, 6.45) is 1.63. The summed E-state index contributed by atoms with van der Waals surface area (Å²) < 4.78 is 27.2. The molecule has 26 heavy (non-hydrogen) atoms. The lowest BCUT2D eigenvalue weighted by Gasteiger charge is -2.36. The fraction of sp³-hybridized carbons (Fsp3) is 0.429. The summed E-state index contributed by atoms with van der Waals surface area (Å²) in [5, 5.41) is 10.3. The van der Waals surface area contributed by atoms with Crippen molar-refractivity contribution in [2.24, 2.45) is 5.92 Å². The van der Waals surface area contributed by atoms with Gasteiger partial charge in [0.15, 0.2) is 0 Å². The number of sulfonamides is 1. The summed E-state index contributed by atoms with van der Waals surface area (Å²) in [5.74, 6) is 0.473. The molecule has 0 fully saturated rings. The smallest absolute Gasteiger partial charge is 0.242 e. The number of nitrogens with zero attached hydrogens (tertiary/aromatic N) is 1. The zero-order valence-corrected chi connectivity index (χ0v) is 16.6. The van der Waals surface area contributed by atoms with Crippen molar-refractivity contribution in [2.45, 2.75) is 37.0 Å². The standard InChI is InChI=1S/C21H29NO3S/c1-18(2)14-15-21(17-23,19-10-6-4-7-11-19)16-22(3)26(24,25)20-12-8-5-9-13-20/h4-13,18,23H,14-17H2,1-3H3/t21-/m0/s1. The summed E-state index contributed by atoms with van der Waals surface area (Å²) in [4.78, 5) is 0.270. The maximum absolute atomic E-state index is 12.9. The molecule has 1 atom stereocenters. The van der Waals surface area contributed by atoms with Crippen LogP contribution in [0.3, 0.4) is 0 Å². The molecule has 0 radical (unpaired) electrons. The normalized spacial score (nSPS) is 14.5. The van der Waals surface area contributed by atoms with E-state index >= 15 is 0 Å². The predicted molar refractivity (Wildman–Crippen MR) is 106 cm³/mol.